The van der Waals surface area contributed by atoms with E-state index in [0.717, 1.165) is 5.56 Å². The van der Waals surface area contributed by atoms with Crippen molar-refractivity contribution in [2.24, 2.45) is 0 Å². The van der Waals surface area contributed by atoms with E-state index in [-0.39, 0.29) is 23.5 Å². The van der Waals surface area contributed by atoms with Crippen LogP contribution in [0.1, 0.15) is 29.7 Å². The number of rotatable bonds is 5. The van der Waals surface area contributed by atoms with Gasteiger partial charge >= 0.3 is 0 Å². The Hall–Kier alpha value is -1.81. The third-order valence-corrected chi connectivity index (χ3v) is 4.65. The first-order chi connectivity index (χ1) is 10.5. The molecule has 0 heterocycles. The predicted molar refractivity (Wildman–Crippen MR) is 89.6 cm³/mol. The molecule has 0 unspecified atom stereocenters. The standard InChI is InChI=1S/C18H20FNOS/c1-12-8-9-15(10-13(12)2)14(3)20-18(21)11-22-17-7-5-4-6-16(17)19/h4-10,14H,11H2,1-3H3,(H,20,21)/t14-/m0/s1. The molecule has 1 atom stereocenters. The van der Waals surface area contributed by atoms with Gasteiger partial charge in [0.05, 0.1) is 11.8 Å². The number of aryl methyl sites for hydroxylation is 2. The Morgan fingerprint density at radius 2 is 1.91 bits per heavy atom. The number of nitrogens with one attached hydrogen (secondary N) is 1. The summed E-state index contributed by atoms with van der Waals surface area (Å²) in [5, 5.41) is 2.95. The van der Waals surface area contributed by atoms with E-state index in [0.29, 0.717) is 4.90 Å². The molecule has 22 heavy (non-hydrogen) atoms. The zero-order valence-electron chi connectivity index (χ0n) is 13.0. The van der Waals surface area contributed by atoms with Gasteiger partial charge in [0.15, 0.2) is 0 Å². The molecule has 2 aromatic rings. The molecule has 0 radical (unpaired) electrons. The van der Waals surface area contributed by atoms with Crippen molar-refractivity contribution in [3.05, 3.63) is 65.0 Å². The number of benzene rings is 2. The zero-order valence-corrected chi connectivity index (χ0v) is 13.8. The van der Waals surface area contributed by atoms with Crippen molar-refractivity contribution >= 4 is 17.7 Å². The highest BCUT2D eigenvalue weighted by atomic mass is 32.2. The Labute approximate surface area is 135 Å². The monoisotopic (exact) mass is 317 g/mol. The van der Waals surface area contributed by atoms with Crippen LogP contribution in [0.5, 0.6) is 0 Å². The molecule has 0 fully saturated rings. The Morgan fingerprint density at radius 1 is 1.18 bits per heavy atom. The summed E-state index contributed by atoms with van der Waals surface area (Å²) in [5.74, 6) is -0.183. The van der Waals surface area contributed by atoms with Gasteiger partial charge in [0.25, 0.3) is 0 Å². The smallest absolute Gasteiger partial charge is 0.230 e. The Balaban J connectivity index is 1.91. The molecule has 0 aromatic heterocycles. The van der Waals surface area contributed by atoms with Crippen LogP contribution in [0, 0.1) is 19.7 Å². The predicted octanol–water partition coefficient (Wildman–Crippen LogP) is 4.41. The first-order valence-corrected chi connectivity index (χ1v) is 8.20. The lowest BCUT2D eigenvalue weighted by Crippen LogP contribution is -2.28. The average Bonchev–Trinajstić information content (AvgIpc) is 2.49. The number of amides is 1. The second kappa shape index (κ2) is 7.45. The van der Waals surface area contributed by atoms with Crippen molar-refractivity contribution in [1.82, 2.24) is 5.32 Å². The van der Waals surface area contributed by atoms with Crippen molar-refractivity contribution in [1.29, 1.82) is 0 Å². The number of thioether (sulfide) groups is 1. The minimum atomic E-state index is -0.289. The summed E-state index contributed by atoms with van der Waals surface area (Å²) in [6.07, 6.45) is 0. The van der Waals surface area contributed by atoms with Gasteiger partial charge in [-0.3, -0.25) is 4.79 Å². The van der Waals surface area contributed by atoms with Crippen LogP contribution in [0.25, 0.3) is 0 Å². The largest absolute Gasteiger partial charge is 0.349 e. The van der Waals surface area contributed by atoms with Gasteiger partial charge in [0.2, 0.25) is 5.91 Å². The van der Waals surface area contributed by atoms with Gasteiger partial charge in [-0.15, -0.1) is 11.8 Å². The second-order valence-corrected chi connectivity index (χ2v) is 6.37. The summed E-state index contributed by atoms with van der Waals surface area (Å²) in [5.41, 5.74) is 3.52. The fourth-order valence-electron chi connectivity index (χ4n) is 2.11. The Morgan fingerprint density at radius 3 is 2.59 bits per heavy atom. The summed E-state index contributed by atoms with van der Waals surface area (Å²) in [6.45, 7) is 6.07. The van der Waals surface area contributed by atoms with Crippen molar-refractivity contribution in [3.8, 4) is 0 Å². The van der Waals surface area contributed by atoms with Gasteiger partial charge in [-0.05, 0) is 49.6 Å². The van der Waals surface area contributed by atoms with Gasteiger partial charge in [0.1, 0.15) is 5.82 Å². The molecule has 0 bridgehead atoms. The molecular formula is C18H20FNOS. The molecule has 0 saturated heterocycles. The van der Waals surface area contributed by atoms with Crippen molar-refractivity contribution in [3.63, 3.8) is 0 Å². The molecule has 4 heteroatoms. The summed E-state index contributed by atoms with van der Waals surface area (Å²) in [6, 6.07) is 12.6. The van der Waals surface area contributed by atoms with E-state index in [1.54, 1.807) is 18.2 Å². The lowest BCUT2D eigenvalue weighted by atomic mass is 10.0. The fourth-order valence-corrected chi connectivity index (χ4v) is 2.86. The molecule has 0 aliphatic rings. The van der Waals surface area contributed by atoms with Gasteiger partial charge in [-0.2, -0.15) is 0 Å². The number of carbonyl (C=O) groups is 1. The van der Waals surface area contributed by atoms with Gasteiger partial charge < -0.3 is 5.32 Å². The zero-order chi connectivity index (χ0) is 16.1. The molecule has 2 rings (SSSR count). The van der Waals surface area contributed by atoms with E-state index in [1.807, 2.05) is 13.0 Å². The van der Waals surface area contributed by atoms with Gasteiger partial charge in [-0.1, -0.05) is 30.3 Å². The van der Waals surface area contributed by atoms with Gasteiger partial charge in [-0.25, -0.2) is 4.39 Å². The maximum absolute atomic E-state index is 13.5. The van der Waals surface area contributed by atoms with Crippen LogP contribution in [0.2, 0.25) is 0 Å². The lowest BCUT2D eigenvalue weighted by Gasteiger charge is -2.15. The van der Waals surface area contributed by atoms with Gasteiger partial charge in [0, 0.05) is 4.90 Å². The number of hydrogen-bond acceptors (Lipinski definition) is 2. The van der Waals surface area contributed by atoms with Crippen LogP contribution in [-0.4, -0.2) is 11.7 Å². The highest BCUT2D eigenvalue weighted by Crippen LogP contribution is 2.21. The fraction of sp³-hybridized carbons (Fsp3) is 0.278. The Kier molecular flexibility index (Phi) is 5.61. The van der Waals surface area contributed by atoms with E-state index < -0.39 is 0 Å². The van der Waals surface area contributed by atoms with E-state index in [4.69, 9.17) is 0 Å². The molecule has 116 valence electrons. The number of carbonyl (C=O) groups excluding carboxylic acids is 1. The summed E-state index contributed by atoms with van der Waals surface area (Å²) in [7, 11) is 0. The first kappa shape index (κ1) is 16.6. The summed E-state index contributed by atoms with van der Waals surface area (Å²) < 4.78 is 13.5. The highest BCUT2D eigenvalue weighted by molar-refractivity contribution is 8.00. The topological polar surface area (TPSA) is 29.1 Å². The van der Waals surface area contributed by atoms with Crippen molar-refractivity contribution in [2.75, 3.05) is 5.75 Å². The summed E-state index contributed by atoms with van der Waals surface area (Å²) >= 11 is 1.21. The van der Waals surface area contributed by atoms with E-state index >= 15 is 0 Å². The molecule has 2 nitrogen and oxygen atoms in total. The molecular weight excluding hydrogens is 297 g/mol. The lowest BCUT2D eigenvalue weighted by molar-refractivity contribution is -0.119. The van der Waals surface area contributed by atoms with Crippen LogP contribution in [0.4, 0.5) is 4.39 Å². The normalized spacial score (nSPS) is 12.0. The minimum absolute atomic E-state index is 0.0620. The number of halogens is 1. The molecule has 2 aromatic carbocycles. The quantitative estimate of drug-likeness (QED) is 0.828. The second-order valence-electron chi connectivity index (χ2n) is 5.35. The highest BCUT2D eigenvalue weighted by Gasteiger charge is 2.11. The van der Waals surface area contributed by atoms with E-state index in [9.17, 15) is 9.18 Å². The third-order valence-electron chi connectivity index (χ3n) is 3.60. The molecule has 0 spiro atoms. The molecule has 0 saturated carbocycles. The van der Waals surface area contributed by atoms with E-state index in [1.165, 1.54) is 29.0 Å². The van der Waals surface area contributed by atoms with Crippen molar-refractivity contribution < 1.29 is 9.18 Å². The number of hydrogen-bond donors (Lipinski definition) is 1. The summed E-state index contributed by atoms with van der Waals surface area (Å²) in [4.78, 5) is 12.5. The van der Waals surface area contributed by atoms with Crippen molar-refractivity contribution in [2.45, 2.75) is 31.7 Å². The first-order valence-electron chi connectivity index (χ1n) is 7.21. The molecule has 1 N–H and O–H groups in total. The maximum Gasteiger partial charge on any atom is 0.230 e. The van der Waals surface area contributed by atoms with Crippen LogP contribution < -0.4 is 5.32 Å². The minimum Gasteiger partial charge on any atom is -0.349 e. The average molecular weight is 317 g/mol. The van der Waals surface area contributed by atoms with Crippen LogP contribution in [0.15, 0.2) is 47.4 Å². The molecule has 0 aliphatic carbocycles. The van der Waals surface area contributed by atoms with Crippen LogP contribution in [-0.2, 0) is 4.79 Å². The Bertz CT molecular complexity index is 672. The maximum atomic E-state index is 13.5. The third kappa shape index (κ3) is 4.34. The SMILES string of the molecule is Cc1ccc([C@H](C)NC(=O)CSc2ccccc2F)cc1C. The van der Waals surface area contributed by atoms with Crippen LogP contribution >= 0.6 is 11.8 Å². The van der Waals surface area contributed by atoms with Crippen LogP contribution in [0.3, 0.4) is 0 Å². The molecule has 1 amide bonds. The molecule has 0 aliphatic heterocycles. The van der Waals surface area contributed by atoms with E-state index in [2.05, 4.69) is 31.3 Å².